The Hall–Kier alpha value is -3.29. The van der Waals surface area contributed by atoms with Crippen molar-refractivity contribution >= 4 is 34.0 Å². The summed E-state index contributed by atoms with van der Waals surface area (Å²) in [6, 6.07) is 15.5. The first-order valence-corrected chi connectivity index (χ1v) is 11.5. The third-order valence-corrected chi connectivity index (χ3v) is 7.15. The highest BCUT2D eigenvalue weighted by atomic mass is 35.5. The molecule has 0 saturated carbocycles. The summed E-state index contributed by atoms with van der Waals surface area (Å²) in [6.07, 6.45) is 3.06. The number of aromatic nitrogens is 4. The lowest BCUT2D eigenvalue weighted by Crippen LogP contribution is -2.28. The first-order valence-electron chi connectivity index (χ1n) is 10.3. The van der Waals surface area contributed by atoms with Crippen LogP contribution in [0.2, 0.25) is 5.02 Å². The van der Waals surface area contributed by atoms with E-state index in [0.717, 1.165) is 9.75 Å². The quantitative estimate of drug-likeness (QED) is 0.337. The summed E-state index contributed by atoms with van der Waals surface area (Å²) in [6.45, 7) is 2.01. The first-order chi connectivity index (χ1) is 15.8. The number of imidazole rings is 1. The van der Waals surface area contributed by atoms with Crippen molar-refractivity contribution in [3.05, 3.63) is 104 Å². The number of hydrogen-bond donors (Lipinski definition) is 0. The van der Waals surface area contributed by atoms with Crippen LogP contribution in [0.15, 0.2) is 71.9 Å². The van der Waals surface area contributed by atoms with E-state index in [4.69, 9.17) is 16.6 Å². The molecule has 0 amide bonds. The molecule has 0 spiro atoms. The van der Waals surface area contributed by atoms with Crippen LogP contribution in [0.1, 0.15) is 21.8 Å². The van der Waals surface area contributed by atoms with Crippen molar-refractivity contribution in [2.45, 2.75) is 12.6 Å². The number of benzene rings is 1. The molecule has 8 heteroatoms. The summed E-state index contributed by atoms with van der Waals surface area (Å²) in [5.41, 5.74) is 0.599. The van der Waals surface area contributed by atoms with Crippen LogP contribution in [0.5, 0.6) is 0 Å². The van der Waals surface area contributed by atoms with Gasteiger partial charge in [-0.2, -0.15) is 0 Å². The highest BCUT2D eigenvalue weighted by Crippen LogP contribution is 2.41. The number of fused-ring (bicyclic) bond motifs is 1. The molecule has 0 aliphatic heterocycles. The molecule has 0 N–H and O–H groups in total. The summed E-state index contributed by atoms with van der Waals surface area (Å²) in [4.78, 5) is 23.6. The molecule has 1 atom stereocenters. The van der Waals surface area contributed by atoms with E-state index in [2.05, 4.69) is 4.98 Å². The van der Waals surface area contributed by atoms with Gasteiger partial charge in [0, 0.05) is 46.1 Å². The molecule has 0 aliphatic carbocycles. The van der Waals surface area contributed by atoms with Gasteiger partial charge in [-0.1, -0.05) is 23.7 Å². The largest absolute Gasteiger partial charge is 0.334 e. The van der Waals surface area contributed by atoms with Crippen LogP contribution in [-0.4, -0.2) is 19.1 Å². The maximum absolute atomic E-state index is 17.2. The maximum Gasteiger partial charge on any atom is 0.251 e. The Bertz CT molecular complexity index is 1550. The number of thiophene rings is 1. The zero-order valence-corrected chi connectivity index (χ0v) is 19.8. The molecule has 33 heavy (non-hydrogen) atoms. The molecule has 1 aromatic carbocycles. The zero-order chi connectivity index (χ0) is 23.3. The topological polar surface area (TPSA) is 52.7 Å². The van der Waals surface area contributed by atoms with E-state index in [9.17, 15) is 4.79 Å². The third kappa shape index (κ3) is 3.48. The first kappa shape index (κ1) is 21.6. The lowest BCUT2D eigenvalue weighted by molar-refractivity contribution is 0.260. The van der Waals surface area contributed by atoms with E-state index < -0.39 is 5.67 Å². The Morgan fingerprint density at radius 3 is 2.45 bits per heavy atom. The molecule has 0 aliphatic rings. The van der Waals surface area contributed by atoms with Crippen LogP contribution in [0.3, 0.4) is 0 Å². The van der Waals surface area contributed by atoms with E-state index in [1.807, 2.05) is 19.1 Å². The Morgan fingerprint density at radius 1 is 1.06 bits per heavy atom. The minimum absolute atomic E-state index is 0.144. The molecular weight excluding hydrogens is 459 g/mol. The van der Waals surface area contributed by atoms with E-state index in [0.29, 0.717) is 32.9 Å². The molecule has 5 rings (SSSR count). The van der Waals surface area contributed by atoms with Crippen LogP contribution < -0.4 is 5.56 Å². The SMILES string of the molecule is Cc1ccc(-c2cc(=O)n(C)c3ccc(C(F)(c4ccc(Cl)cc4)c4cncn4C)nc23)s1. The summed E-state index contributed by atoms with van der Waals surface area (Å²) in [5, 5.41) is 0.517. The van der Waals surface area contributed by atoms with E-state index in [1.165, 1.54) is 10.8 Å². The van der Waals surface area contributed by atoms with Gasteiger partial charge in [-0.15, -0.1) is 11.3 Å². The second-order valence-corrected chi connectivity index (χ2v) is 9.71. The monoisotopic (exact) mass is 478 g/mol. The number of nitrogens with zero attached hydrogens (tertiary/aromatic N) is 4. The van der Waals surface area contributed by atoms with Gasteiger partial charge in [-0.3, -0.25) is 4.79 Å². The number of rotatable bonds is 4. The van der Waals surface area contributed by atoms with Crippen molar-refractivity contribution in [1.82, 2.24) is 19.1 Å². The fourth-order valence-corrected chi connectivity index (χ4v) is 5.09. The molecule has 0 bridgehead atoms. The van der Waals surface area contributed by atoms with Gasteiger partial charge >= 0.3 is 0 Å². The minimum atomic E-state index is -2.08. The molecule has 4 heterocycles. The molecule has 166 valence electrons. The number of aryl methyl sites for hydroxylation is 3. The molecular formula is C25H20ClFN4OS. The lowest BCUT2D eigenvalue weighted by atomic mass is 9.88. The van der Waals surface area contributed by atoms with E-state index in [-0.39, 0.29) is 11.3 Å². The van der Waals surface area contributed by atoms with E-state index in [1.54, 1.807) is 78.8 Å². The van der Waals surface area contributed by atoms with Gasteiger partial charge in [0.1, 0.15) is 0 Å². The molecule has 4 aromatic heterocycles. The Kier molecular flexibility index (Phi) is 5.18. The number of halogens is 2. The maximum atomic E-state index is 17.2. The Morgan fingerprint density at radius 2 is 1.82 bits per heavy atom. The van der Waals surface area contributed by atoms with Crippen molar-refractivity contribution in [2.75, 3.05) is 0 Å². The number of hydrogen-bond acceptors (Lipinski definition) is 4. The average Bonchev–Trinajstić information content (AvgIpc) is 3.44. The van der Waals surface area contributed by atoms with Gasteiger partial charge in [0.25, 0.3) is 5.56 Å². The number of alkyl halides is 1. The molecule has 1 unspecified atom stereocenters. The van der Waals surface area contributed by atoms with Crippen LogP contribution in [0, 0.1) is 6.92 Å². The van der Waals surface area contributed by atoms with Crippen LogP contribution in [0.4, 0.5) is 4.39 Å². The Balaban J connectivity index is 1.83. The summed E-state index contributed by atoms with van der Waals surface area (Å²) in [7, 11) is 3.44. The lowest BCUT2D eigenvalue weighted by Gasteiger charge is -2.26. The fraction of sp³-hybridized carbons (Fsp3) is 0.160. The van der Waals surface area contributed by atoms with Crippen LogP contribution in [0.25, 0.3) is 21.5 Å². The van der Waals surface area contributed by atoms with Gasteiger partial charge < -0.3 is 9.13 Å². The molecule has 0 fully saturated rings. The van der Waals surface area contributed by atoms with Gasteiger partial charge in [-0.05, 0) is 43.3 Å². The second-order valence-electron chi connectivity index (χ2n) is 7.98. The predicted octanol–water partition coefficient (Wildman–Crippen LogP) is 5.62. The fourth-order valence-electron chi connectivity index (χ4n) is 4.08. The zero-order valence-electron chi connectivity index (χ0n) is 18.2. The van der Waals surface area contributed by atoms with Gasteiger partial charge in [0.2, 0.25) is 5.67 Å². The predicted molar refractivity (Wildman–Crippen MR) is 131 cm³/mol. The minimum Gasteiger partial charge on any atom is -0.334 e. The highest BCUT2D eigenvalue weighted by Gasteiger charge is 2.41. The molecule has 0 saturated heterocycles. The van der Waals surface area contributed by atoms with Crippen LogP contribution in [-0.2, 0) is 19.8 Å². The smallest absolute Gasteiger partial charge is 0.251 e. The molecule has 5 nitrogen and oxygen atoms in total. The Labute approximate surface area is 198 Å². The van der Waals surface area contributed by atoms with Gasteiger partial charge in [0.15, 0.2) is 0 Å². The summed E-state index contributed by atoms with van der Waals surface area (Å²) >= 11 is 7.65. The van der Waals surface area contributed by atoms with Gasteiger partial charge in [0.05, 0.1) is 34.9 Å². The van der Waals surface area contributed by atoms with Crippen molar-refractivity contribution in [2.24, 2.45) is 14.1 Å². The van der Waals surface area contributed by atoms with Crippen LogP contribution >= 0.6 is 22.9 Å². The summed E-state index contributed by atoms with van der Waals surface area (Å²) < 4.78 is 20.4. The van der Waals surface area contributed by atoms with Crippen molar-refractivity contribution in [1.29, 1.82) is 0 Å². The van der Waals surface area contributed by atoms with Gasteiger partial charge in [-0.25, -0.2) is 14.4 Å². The van der Waals surface area contributed by atoms with Crippen molar-refractivity contribution in [3.63, 3.8) is 0 Å². The summed E-state index contributed by atoms with van der Waals surface area (Å²) in [5.74, 6) is 0. The molecule has 5 aromatic rings. The van der Waals surface area contributed by atoms with E-state index >= 15 is 4.39 Å². The normalized spacial score (nSPS) is 13.4. The molecule has 0 radical (unpaired) electrons. The second kappa shape index (κ2) is 7.93. The highest BCUT2D eigenvalue weighted by molar-refractivity contribution is 7.15. The standard InChI is InChI=1S/C25H20ClFN4OS/c1-15-4-10-20(33-15)18-12-23(32)31(3)19-9-11-21(29-24(18)19)25(27,22-13-28-14-30(22)2)16-5-7-17(26)8-6-16/h4-14H,1-3H3. The third-order valence-electron chi connectivity index (χ3n) is 5.86. The van der Waals surface area contributed by atoms with Crippen molar-refractivity contribution in [3.8, 4) is 10.4 Å². The number of pyridine rings is 2. The van der Waals surface area contributed by atoms with Crippen molar-refractivity contribution < 1.29 is 4.39 Å². The average molecular weight is 479 g/mol.